The van der Waals surface area contributed by atoms with E-state index in [9.17, 15) is 5.26 Å². The summed E-state index contributed by atoms with van der Waals surface area (Å²) in [7, 11) is 0. The van der Waals surface area contributed by atoms with Crippen LogP contribution >= 0.6 is 23.5 Å². The molecule has 6 heteroatoms. The summed E-state index contributed by atoms with van der Waals surface area (Å²) in [6.07, 6.45) is 7.93. The van der Waals surface area contributed by atoms with Gasteiger partial charge in [-0.05, 0) is 107 Å². The SMILES string of the molecule is [C-]#[N+]c1cc(C=Cc2ccc3c(c2)Sc2ccccc2N3c2ccccc2)c(C#N)cc1C=Cc1ccc2c(c1)Sc1ccccc1N2c1ccccc1. The molecule has 0 saturated heterocycles. The van der Waals surface area contributed by atoms with Crippen molar-refractivity contribution in [3.8, 4) is 6.07 Å². The quantitative estimate of drug-likeness (QED) is 0.126. The lowest BCUT2D eigenvalue weighted by molar-refractivity contribution is 1.16. The summed E-state index contributed by atoms with van der Waals surface area (Å²) in [4.78, 5) is 13.2. The van der Waals surface area contributed by atoms with Crippen molar-refractivity contribution in [3.05, 3.63) is 197 Å². The third-order valence-corrected chi connectivity index (χ3v) is 11.7. The van der Waals surface area contributed by atoms with Gasteiger partial charge in [0.25, 0.3) is 0 Å². The highest BCUT2D eigenvalue weighted by atomic mass is 32.2. The molecule has 54 heavy (non-hydrogen) atoms. The van der Waals surface area contributed by atoms with Gasteiger partial charge in [-0.25, -0.2) is 4.85 Å². The van der Waals surface area contributed by atoms with Gasteiger partial charge in [0, 0.05) is 31.0 Å². The van der Waals surface area contributed by atoms with Crippen molar-refractivity contribution in [3.63, 3.8) is 0 Å². The third-order valence-electron chi connectivity index (χ3n) is 9.48. The first-order valence-corrected chi connectivity index (χ1v) is 19.1. The van der Waals surface area contributed by atoms with Gasteiger partial charge in [0.15, 0.2) is 5.69 Å². The van der Waals surface area contributed by atoms with E-state index in [0.717, 1.165) is 55.0 Å². The maximum Gasteiger partial charge on any atom is 0.194 e. The first-order chi connectivity index (χ1) is 26.7. The molecular weight excluding hydrogens is 697 g/mol. The number of hydrogen-bond acceptors (Lipinski definition) is 5. The largest absolute Gasteiger partial charge is 0.308 e. The molecule has 0 aliphatic carbocycles. The van der Waals surface area contributed by atoms with E-state index < -0.39 is 0 Å². The van der Waals surface area contributed by atoms with Crippen LogP contribution in [-0.2, 0) is 0 Å². The van der Waals surface area contributed by atoms with Gasteiger partial charge in [0.05, 0.1) is 41.0 Å². The average molecular weight is 727 g/mol. The van der Waals surface area contributed by atoms with E-state index in [1.54, 1.807) is 23.5 Å². The Labute approximate surface area is 323 Å². The summed E-state index contributed by atoms with van der Waals surface area (Å²) in [5, 5.41) is 10.2. The summed E-state index contributed by atoms with van der Waals surface area (Å²) < 4.78 is 0. The predicted octanol–water partition coefficient (Wildman–Crippen LogP) is 14.3. The minimum atomic E-state index is 0.498. The second-order valence-electron chi connectivity index (χ2n) is 12.8. The average Bonchev–Trinajstić information content (AvgIpc) is 3.23. The highest BCUT2D eigenvalue weighted by Gasteiger charge is 2.26. The number of nitrogens with zero attached hydrogens (tertiary/aromatic N) is 4. The Morgan fingerprint density at radius 3 is 1.44 bits per heavy atom. The lowest BCUT2D eigenvalue weighted by atomic mass is 10.0. The van der Waals surface area contributed by atoms with E-state index in [1.165, 1.54) is 9.79 Å². The summed E-state index contributed by atoms with van der Waals surface area (Å²) in [5.74, 6) is 0. The molecule has 9 rings (SSSR count). The Hall–Kier alpha value is -6.70. The molecule has 0 amide bonds. The summed E-state index contributed by atoms with van der Waals surface area (Å²) >= 11 is 3.52. The van der Waals surface area contributed by atoms with E-state index in [2.05, 4.69) is 154 Å². The highest BCUT2D eigenvalue weighted by molar-refractivity contribution is 8.00. The Kier molecular flexibility index (Phi) is 8.83. The van der Waals surface area contributed by atoms with Crippen LogP contribution in [0.4, 0.5) is 39.8 Å². The number of fused-ring (bicyclic) bond motifs is 4. The molecular formula is C48H30N4S2. The maximum atomic E-state index is 10.2. The minimum Gasteiger partial charge on any atom is -0.308 e. The molecule has 0 spiro atoms. The van der Waals surface area contributed by atoms with Gasteiger partial charge < -0.3 is 9.80 Å². The van der Waals surface area contributed by atoms with Crippen LogP contribution in [0, 0.1) is 17.9 Å². The van der Waals surface area contributed by atoms with Crippen molar-refractivity contribution >= 4 is 87.6 Å². The predicted molar refractivity (Wildman–Crippen MR) is 226 cm³/mol. The van der Waals surface area contributed by atoms with Gasteiger partial charge in [-0.15, -0.1) is 0 Å². The molecule has 0 aromatic heterocycles. The fourth-order valence-electron chi connectivity index (χ4n) is 6.92. The van der Waals surface area contributed by atoms with Crippen molar-refractivity contribution in [1.29, 1.82) is 5.26 Å². The molecule has 4 nitrogen and oxygen atoms in total. The van der Waals surface area contributed by atoms with Crippen LogP contribution in [0.5, 0.6) is 0 Å². The number of benzene rings is 7. The second-order valence-corrected chi connectivity index (χ2v) is 15.0. The fourth-order valence-corrected chi connectivity index (χ4v) is 9.14. The molecule has 0 unspecified atom stereocenters. The van der Waals surface area contributed by atoms with Crippen molar-refractivity contribution in [1.82, 2.24) is 0 Å². The van der Waals surface area contributed by atoms with Gasteiger partial charge in [0.1, 0.15) is 0 Å². The smallest absolute Gasteiger partial charge is 0.194 e. The Morgan fingerprint density at radius 1 is 0.481 bits per heavy atom. The molecule has 2 heterocycles. The van der Waals surface area contributed by atoms with E-state index in [0.29, 0.717) is 22.4 Å². The molecule has 0 N–H and O–H groups in total. The van der Waals surface area contributed by atoms with Crippen LogP contribution in [0.15, 0.2) is 177 Å². The number of para-hydroxylation sites is 4. The number of hydrogen-bond donors (Lipinski definition) is 0. The summed E-state index contributed by atoms with van der Waals surface area (Å²) in [5.41, 5.74) is 11.3. The Morgan fingerprint density at radius 2 is 0.944 bits per heavy atom. The fraction of sp³-hybridized carbons (Fsp3) is 0. The van der Waals surface area contributed by atoms with Crippen LogP contribution < -0.4 is 9.80 Å². The second kappa shape index (κ2) is 14.4. The molecule has 0 radical (unpaired) electrons. The topological polar surface area (TPSA) is 34.6 Å². The van der Waals surface area contributed by atoms with Crippen LogP contribution in [0.1, 0.15) is 27.8 Å². The van der Waals surface area contributed by atoms with Crippen LogP contribution in [0.25, 0.3) is 29.1 Å². The van der Waals surface area contributed by atoms with Crippen LogP contribution in [0.3, 0.4) is 0 Å². The lowest BCUT2D eigenvalue weighted by Gasteiger charge is -2.33. The number of anilines is 6. The van der Waals surface area contributed by atoms with E-state index in [4.69, 9.17) is 6.57 Å². The van der Waals surface area contributed by atoms with Crippen LogP contribution in [0.2, 0.25) is 0 Å². The summed E-state index contributed by atoms with van der Waals surface area (Å²) in [6.45, 7) is 8.01. The molecule has 7 aromatic rings. The monoisotopic (exact) mass is 726 g/mol. The first-order valence-electron chi connectivity index (χ1n) is 17.5. The number of rotatable bonds is 6. The van der Waals surface area contributed by atoms with E-state index >= 15 is 0 Å². The molecule has 254 valence electrons. The summed E-state index contributed by atoms with van der Waals surface area (Å²) in [6, 6.07) is 56.7. The van der Waals surface area contributed by atoms with Gasteiger partial charge >= 0.3 is 0 Å². The zero-order valence-electron chi connectivity index (χ0n) is 28.9. The Bertz CT molecular complexity index is 2520. The van der Waals surface area contributed by atoms with Crippen molar-refractivity contribution < 1.29 is 0 Å². The zero-order valence-corrected chi connectivity index (χ0v) is 30.6. The standard InChI is InChI=1S/C48H30N4S2/c1-50-40-31-35(24-20-33-22-26-43-47(28-33)53-45-18-10-8-16-41(45)51(43)38-12-4-2-5-13-38)37(32-49)30-36(40)25-21-34-23-27-44-48(29-34)54-46-19-11-9-17-42(46)52(44)39-14-6-3-7-15-39/h2-31H. The van der Waals surface area contributed by atoms with Crippen molar-refractivity contribution in [2.24, 2.45) is 0 Å². The number of nitriles is 1. The first kappa shape index (κ1) is 33.2. The normalized spacial score (nSPS) is 12.8. The zero-order chi connectivity index (χ0) is 36.4. The molecule has 2 aliphatic rings. The molecule has 0 saturated carbocycles. The van der Waals surface area contributed by atoms with Crippen LogP contribution in [-0.4, -0.2) is 0 Å². The van der Waals surface area contributed by atoms with Gasteiger partial charge in [-0.1, -0.05) is 121 Å². The maximum absolute atomic E-state index is 10.2. The van der Waals surface area contributed by atoms with E-state index in [1.807, 2.05) is 48.6 Å². The molecule has 7 aromatic carbocycles. The van der Waals surface area contributed by atoms with Crippen molar-refractivity contribution in [2.75, 3.05) is 9.80 Å². The lowest BCUT2D eigenvalue weighted by Crippen LogP contribution is -2.14. The van der Waals surface area contributed by atoms with Crippen molar-refractivity contribution in [2.45, 2.75) is 19.6 Å². The third kappa shape index (κ3) is 6.25. The van der Waals surface area contributed by atoms with Gasteiger partial charge in [0.2, 0.25) is 0 Å². The molecule has 0 fully saturated rings. The minimum absolute atomic E-state index is 0.498. The molecule has 0 atom stereocenters. The van der Waals surface area contributed by atoms with Gasteiger partial charge in [-0.3, -0.25) is 0 Å². The highest BCUT2D eigenvalue weighted by Crippen LogP contribution is 2.53. The molecule has 0 bridgehead atoms. The van der Waals surface area contributed by atoms with E-state index in [-0.39, 0.29) is 0 Å². The molecule has 2 aliphatic heterocycles. The van der Waals surface area contributed by atoms with Gasteiger partial charge in [-0.2, -0.15) is 5.26 Å². The Balaban J connectivity index is 0.996.